The SMILES string of the molecule is COC(=O)CN/C(C)=C1\C(=O)N(c2cc(C)cc(C)c2)c2cc(C)ccc21. The van der Waals surface area contributed by atoms with Gasteiger partial charge in [-0.25, -0.2) is 0 Å². The van der Waals surface area contributed by atoms with Crippen molar-refractivity contribution in [2.75, 3.05) is 18.6 Å². The number of benzene rings is 2. The molecule has 0 radical (unpaired) electrons. The van der Waals surface area contributed by atoms with E-state index in [0.717, 1.165) is 33.6 Å². The van der Waals surface area contributed by atoms with E-state index in [9.17, 15) is 9.59 Å². The Hall–Kier alpha value is -3.08. The van der Waals surface area contributed by atoms with Crippen molar-refractivity contribution in [1.82, 2.24) is 5.32 Å². The van der Waals surface area contributed by atoms with Gasteiger partial charge in [-0.1, -0.05) is 18.2 Å². The van der Waals surface area contributed by atoms with Gasteiger partial charge in [0, 0.05) is 16.9 Å². The average molecular weight is 364 g/mol. The van der Waals surface area contributed by atoms with Gasteiger partial charge in [0.05, 0.1) is 18.4 Å². The van der Waals surface area contributed by atoms with Crippen molar-refractivity contribution in [3.8, 4) is 0 Å². The molecule has 3 rings (SSSR count). The van der Waals surface area contributed by atoms with Gasteiger partial charge in [0.2, 0.25) is 0 Å². The number of esters is 1. The van der Waals surface area contributed by atoms with Crippen LogP contribution in [-0.4, -0.2) is 25.5 Å². The van der Waals surface area contributed by atoms with E-state index in [4.69, 9.17) is 0 Å². The van der Waals surface area contributed by atoms with Gasteiger partial charge in [-0.2, -0.15) is 0 Å². The summed E-state index contributed by atoms with van der Waals surface area (Å²) >= 11 is 0. The summed E-state index contributed by atoms with van der Waals surface area (Å²) in [5.74, 6) is -0.480. The second-order valence-electron chi connectivity index (χ2n) is 6.94. The van der Waals surface area contributed by atoms with Crippen LogP contribution in [0.5, 0.6) is 0 Å². The zero-order valence-electron chi connectivity index (χ0n) is 16.3. The van der Waals surface area contributed by atoms with E-state index in [1.807, 2.05) is 58.0 Å². The molecule has 0 atom stereocenters. The molecule has 0 aromatic heterocycles. The van der Waals surface area contributed by atoms with E-state index in [2.05, 4.69) is 16.1 Å². The molecule has 0 fully saturated rings. The summed E-state index contributed by atoms with van der Waals surface area (Å²) in [4.78, 5) is 26.6. The number of hydrogen-bond acceptors (Lipinski definition) is 4. The first kappa shape index (κ1) is 18.7. The van der Waals surface area contributed by atoms with Gasteiger partial charge in [-0.05, 0) is 62.6 Å². The van der Waals surface area contributed by atoms with Crippen LogP contribution in [-0.2, 0) is 14.3 Å². The minimum Gasteiger partial charge on any atom is -0.468 e. The van der Waals surface area contributed by atoms with Crippen molar-refractivity contribution >= 4 is 28.8 Å². The van der Waals surface area contributed by atoms with Crippen molar-refractivity contribution in [3.05, 3.63) is 64.3 Å². The first-order valence-corrected chi connectivity index (χ1v) is 8.87. The molecule has 1 N–H and O–H groups in total. The smallest absolute Gasteiger partial charge is 0.325 e. The third-order valence-corrected chi connectivity index (χ3v) is 4.65. The third-order valence-electron chi connectivity index (χ3n) is 4.65. The zero-order valence-corrected chi connectivity index (χ0v) is 16.3. The molecule has 0 saturated heterocycles. The summed E-state index contributed by atoms with van der Waals surface area (Å²) in [6, 6.07) is 12.1. The molecule has 0 unspecified atom stereocenters. The van der Waals surface area contributed by atoms with Crippen LogP contribution in [0.25, 0.3) is 5.57 Å². The van der Waals surface area contributed by atoms with E-state index in [1.165, 1.54) is 7.11 Å². The second-order valence-corrected chi connectivity index (χ2v) is 6.94. The molecular weight excluding hydrogens is 340 g/mol. The van der Waals surface area contributed by atoms with Gasteiger partial charge in [0.1, 0.15) is 6.54 Å². The fourth-order valence-electron chi connectivity index (χ4n) is 3.44. The minimum atomic E-state index is -0.379. The number of ether oxygens (including phenoxy) is 1. The van der Waals surface area contributed by atoms with Crippen LogP contribution in [0.3, 0.4) is 0 Å². The molecule has 2 aromatic rings. The Bertz CT molecular complexity index is 940. The molecular formula is C22H24N2O3. The highest BCUT2D eigenvalue weighted by molar-refractivity contribution is 6.35. The molecule has 0 saturated carbocycles. The highest BCUT2D eigenvalue weighted by Gasteiger charge is 2.35. The Kier molecular flexibility index (Phi) is 5.04. The summed E-state index contributed by atoms with van der Waals surface area (Å²) in [5.41, 5.74) is 7.08. The third kappa shape index (κ3) is 3.58. The number of rotatable bonds is 4. The largest absolute Gasteiger partial charge is 0.468 e. The number of carbonyl (C=O) groups is 2. The first-order valence-electron chi connectivity index (χ1n) is 8.87. The van der Waals surface area contributed by atoms with Gasteiger partial charge < -0.3 is 10.1 Å². The van der Waals surface area contributed by atoms with E-state index >= 15 is 0 Å². The lowest BCUT2D eigenvalue weighted by Gasteiger charge is -2.19. The molecule has 5 nitrogen and oxygen atoms in total. The monoisotopic (exact) mass is 364 g/mol. The Morgan fingerprint density at radius 2 is 1.70 bits per heavy atom. The van der Waals surface area contributed by atoms with Crippen LogP contribution >= 0.6 is 0 Å². The molecule has 0 bridgehead atoms. The van der Waals surface area contributed by atoms with E-state index in [0.29, 0.717) is 11.3 Å². The number of nitrogens with one attached hydrogen (secondary N) is 1. The van der Waals surface area contributed by atoms with Crippen LogP contribution in [0.15, 0.2) is 42.1 Å². The summed E-state index contributed by atoms with van der Waals surface area (Å²) in [5, 5.41) is 3.01. The maximum atomic E-state index is 13.4. The number of methoxy groups -OCH3 is 1. The zero-order chi connectivity index (χ0) is 19.7. The van der Waals surface area contributed by atoms with Crippen LogP contribution in [0.2, 0.25) is 0 Å². The molecule has 1 heterocycles. The fourth-order valence-corrected chi connectivity index (χ4v) is 3.44. The molecule has 1 aliphatic heterocycles. The highest BCUT2D eigenvalue weighted by Crippen LogP contribution is 2.43. The normalized spacial score (nSPS) is 14.9. The van der Waals surface area contributed by atoms with Gasteiger partial charge in [-0.15, -0.1) is 0 Å². The molecule has 27 heavy (non-hydrogen) atoms. The fraction of sp³-hybridized carbons (Fsp3) is 0.273. The predicted molar refractivity (Wildman–Crippen MR) is 107 cm³/mol. The molecule has 1 aliphatic rings. The molecule has 2 aromatic carbocycles. The van der Waals surface area contributed by atoms with Crippen LogP contribution in [0.4, 0.5) is 11.4 Å². The maximum Gasteiger partial charge on any atom is 0.325 e. The first-order chi connectivity index (χ1) is 12.8. The van der Waals surface area contributed by atoms with E-state index < -0.39 is 0 Å². The number of nitrogens with zero attached hydrogens (tertiary/aromatic N) is 1. The number of amides is 1. The van der Waals surface area contributed by atoms with Gasteiger partial charge in [0.25, 0.3) is 5.91 Å². The summed E-state index contributed by atoms with van der Waals surface area (Å²) in [6.07, 6.45) is 0. The number of aryl methyl sites for hydroxylation is 3. The van der Waals surface area contributed by atoms with Crippen molar-refractivity contribution in [3.63, 3.8) is 0 Å². The molecule has 0 spiro atoms. The van der Waals surface area contributed by atoms with Crippen LogP contribution in [0.1, 0.15) is 29.2 Å². The lowest BCUT2D eigenvalue weighted by atomic mass is 10.0. The second kappa shape index (κ2) is 7.27. The number of carbonyl (C=O) groups excluding carboxylic acids is 2. The topological polar surface area (TPSA) is 58.6 Å². The van der Waals surface area contributed by atoms with Gasteiger partial charge >= 0.3 is 5.97 Å². The summed E-state index contributed by atoms with van der Waals surface area (Å²) < 4.78 is 4.67. The quantitative estimate of drug-likeness (QED) is 0.662. The number of allylic oxidation sites excluding steroid dienone is 1. The van der Waals surface area contributed by atoms with Crippen LogP contribution in [0, 0.1) is 20.8 Å². The average Bonchev–Trinajstić information content (AvgIpc) is 2.89. The molecule has 0 aliphatic carbocycles. The van der Waals surface area contributed by atoms with E-state index in [-0.39, 0.29) is 18.4 Å². The van der Waals surface area contributed by atoms with Crippen molar-refractivity contribution in [2.24, 2.45) is 0 Å². The van der Waals surface area contributed by atoms with E-state index in [1.54, 1.807) is 4.90 Å². The van der Waals surface area contributed by atoms with Gasteiger partial charge in [0.15, 0.2) is 0 Å². The number of fused-ring (bicyclic) bond motifs is 1. The van der Waals surface area contributed by atoms with Crippen molar-refractivity contribution in [2.45, 2.75) is 27.7 Å². The van der Waals surface area contributed by atoms with Gasteiger partial charge in [-0.3, -0.25) is 14.5 Å². The summed E-state index contributed by atoms with van der Waals surface area (Å²) in [7, 11) is 1.34. The molecule has 1 amide bonds. The predicted octanol–water partition coefficient (Wildman–Crippen LogP) is 3.78. The standard InChI is InChI=1S/C22H24N2O3/c1-13-6-7-18-19(11-13)24(17-9-14(2)8-15(3)10-17)22(26)21(18)16(4)23-12-20(25)27-5/h6-11,23H,12H2,1-5H3/b21-16-. The van der Waals surface area contributed by atoms with Crippen molar-refractivity contribution in [1.29, 1.82) is 0 Å². The van der Waals surface area contributed by atoms with Crippen molar-refractivity contribution < 1.29 is 14.3 Å². The Labute approximate surface area is 159 Å². The lowest BCUT2D eigenvalue weighted by molar-refractivity contribution is -0.139. The lowest BCUT2D eigenvalue weighted by Crippen LogP contribution is -2.26. The number of anilines is 2. The van der Waals surface area contributed by atoms with Crippen LogP contribution < -0.4 is 10.2 Å². The summed E-state index contributed by atoms with van der Waals surface area (Å²) in [6.45, 7) is 7.88. The highest BCUT2D eigenvalue weighted by atomic mass is 16.5. The maximum absolute atomic E-state index is 13.4. The Balaban J connectivity index is 2.12. The Morgan fingerprint density at radius 3 is 2.33 bits per heavy atom. The minimum absolute atomic E-state index is 0.0177. The molecule has 5 heteroatoms. The number of hydrogen-bond donors (Lipinski definition) is 1. The Morgan fingerprint density at radius 1 is 1.04 bits per heavy atom. The molecule has 140 valence electrons.